The number of carbonyl (C=O) groups is 1. The summed E-state index contributed by atoms with van der Waals surface area (Å²) in [6, 6.07) is 16.2. The second-order valence-electron chi connectivity index (χ2n) is 5.82. The molecule has 124 valence electrons. The minimum absolute atomic E-state index is 0.00564. The lowest BCUT2D eigenvalue weighted by molar-refractivity contribution is 0.0916. The van der Waals surface area contributed by atoms with Gasteiger partial charge >= 0.3 is 0 Å². The molecule has 1 amide bonds. The van der Waals surface area contributed by atoms with E-state index >= 15 is 0 Å². The van der Waals surface area contributed by atoms with Gasteiger partial charge in [-0.05, 0) is 55.3 Å². The van der Waals surface area contributed by atoms with E-state index in [1.165, 1.54) is 0 Å². The molecule has 0 aliphatic rings. The van der Waals surface area contributed by atoms with Crippen LogP contribution in [0.1, 0.15) is 29.8 Å². The molecule has 2 unspecified atom stereocenters. The van der Waals surface area contributed by atoms with Gasteiger partial charge in [-0.2, -0.15) is 5.26 Å². The maximum absolute atomic E-state index is 12.3. The molecule has 0 spiro atoms. The Morgan fingerprint density at radius 3 is 2.50 bits per heavy atom. The van der Waals surface area contributed by atoms with Crippen LogP contribution >= 0.6 is 0 Å². The van der Waals surface area contributed by atoms with Crippen LogP contribution in [-0.2, 0) is 0 Å². The molecule has 0 aromatic heterocycles. The van der Waals surface area contributed by atoms with E-state index < -0.39 is 0 Å². The number of anilines is 2. The first-order chi connectivity index (χ1) is 11.5. The predicted octanol–water partition coefficient (Wildman–Crippen LogP) is 3.05. The maximum atomic E-state index is 12.3. The number of aliphatic hydroxyl groups excluding tert-OH is 1. The summed E-state index contributed by atoms with van der Waals surface area (Å²) in [4.78, 5) is 12.3. The highest BCUT2D eigenvalue weighted by molar-refractivity contribution is 5.95. The van der Waals surface area contributed by atoms with E-state index in [-0.39, 0.29) is 24.5 Å². The molecule has 0 fully saturated rings. The second kappa shape index (κ2) is 8.14. The topological polar surface area (TPSA) is 85.2 Å². The molecule has 0 saturated heterocycles. The minimum Gasteiger partial charge on any atom is -0.396 e. The van der Waals surface area contributed by atoms with E-state index in [1.807, 2.05) is 32.0 Å². The number of carbonyl (C=O) groups excluding carboxylic acids is 1. The number of nitrogens with one attached hydrogen (secondary N) is 2. The van der Waals surface area contributed by atoms with Gasteiger partial charge in [0.25, 0.3) is 5.91 Å². The molecule has 3 N–H and O–H groups in total. The van der Waals surface area contributed by atoms with Crippen LogP contribution in [0.2, 0.25) is 0 Å². The maximum Gasteiger partial charge on any atom is 0.251 e. The molecule has 0 aliphatic carbocycles. The first-order valence-electron chi connectivity index (χ1n) is 7.82. The largest absolute Gasteiger partial charge is 0.396 e. The fourth-order valence-electron chi connectivity index (χ4n) is 2.12. The summed E-state index contributed by atoms with van der Waals surface area (Å²) in [6.07, 6.45) is 0. The van der Waals surface area contributed by atoms with Crippen molar-refractivity contribution < 1.29 is 9.90 Å². The van der Waals surface area contributed by atoms with Crippen molar-refractivity contribution in [2.75, 3.05) is 11.9 Å². The summed E-state index contributed by atoms with van der Waals surface area (Å²) in [5.74, 6) is -0.180. The van der Waals surface area contributed by atoms with Gasteiger partial charge in [-0.25, -0.2) is 0 Å². The predicted molar refractivity (Wildman–Crippen MR) is 94.1 cm³/mol. The normalized spacial score (nSPS) is 12.8. The average molecular weight is 323 g/mol. The quantitative estimate of drug-likeness (QED) is 0.763. The van der Waals surface area contributed by atoms with Gasteiger partial charge in [0.2, 0.25) is 0 Å². The Labute approximate surface area is 141 Å². The van der Waals surface area contributed by atoms with Crippen LogP contribution in [0, 0.1) is 17.2 Å². The van der Waals surface area contributed by atoms with Gasteiger partial charge in [-0.15, -0.1) is 0 Å². The fraction of sp³-hybridized carbons (Fsp3) is 0.263. The summed E-state index contributed by atoms with van der Waals surface area (Å²) in [5.41, 5.74) is 2.77. The first kappa shape index (κ1) is 17.5. The van der Waals surface area contributed by atoms with Gasteiger partial charge in [0.15, 0.2) is 0 Å². The lowest BCUT2D eigenvalue weighted by atomic mass is 10.0. The summed E-state index contributed by atoms with van der Waals surface area (Å²) >= 11 is 0. The molecule has 2 atom stereocenters. The van der Waals surface area contributed by atoms with Crippen molar-refractivity contribution in [3.8, 4) is 6.07 Å². The first-order valence-corrected chi connectivity index (χ1v) is 7.82. The van der Waals surface area contributed by atoms with Crippen molar-refractivity contribution in [3.63, 3.8) is 0 Å². The SMILES string of the molecule is CC(CO)C(C)NC(=O)c1cccc(Nc2ccc(C#N)cc2)c1. The van der Waals surface area contributed by atoms with Gasteiger partial charge in [0.05, 0.1) is 11.6 Å². The van der Waals surface area contributed by atoms with Crippen molar-refractivity contribution in [3.05, 3.63) is 59.7 Å². The molecule has 2 aromatic rings. The van der Waals surface area contributed by atoms with Gasteiger partial charge in [-0.3, -0.25) is 4.79 Å². The highest BCUT2D eigenvalue weighted by atomic mass is 16.3. The van der Waals surface area contributed by atoms with E-state index in [0.29, 0.717) is 11.1 Å². The van der Waals surface area contributed by atoms with E-state index in [2.05, 4.69) is 16.7 Å². The molecular formula is C19H21N3O2. The summed E-state index contributed by atoms with van der Waals surface area (Å²) < 4.78 is 0. The molecule has 5 nitrogen and oxygen atoms in total. The highest BCUT2D eigenvalue weighted by Crippen LogP contribution is 2.18. The van der Waals surface area contributed by atoms with E-state index in [4.69, 9.17) is 10.4 Å². The smallest absolute Gasteiger partial charge is 0.251 e. The third kappa shape index (κ3) is 4.58. The van der Waals surface area contributed by atoms with Crippen LogP contribution in [0.5, 0.6) is 0 Å². The highest BCUT2D eigenvalue weighted by Gasteiger charge is 2.15. The number of hydrogen-bond acceptors (Lipinski definition) is 4. The van der Waals surface area contributed by atoms with Crippen molar-refractivity contribution in [1.82, 2.24) is 5.32 Å². The van der Waals surface area contributed by atoms with Gasteiger partial charge in [-0.1, -0.05) is 13.0 Å². The molecule has 0 heterocycles. The Bertz CT molecular complexity index is 735. The zero-order chi connectivity index (χ0) is 17.5. The molecule has 24 heavy (non-hydrogen) atoms. The van der Waals surface area contributed by atoms with Crippen molar-refractivity contribution in [2.24, 2.45) is 5.92 Å². The Kier molecular flexibility index (Phi) is 5.94. The number of rotatable bonds is 6. The van der Waals surface area contributed by atoms with E-state index in [0.717, 1.165) is 11.4 Å². The van der Waals surface area contributed by atoms with Crippen molar-refractivity contribution in [1.29, 1.82) is 5.26 Å². The molecule has 0 aliphatic heterocycles. The number of hydrogen-bond donors (Lipinski definition) is 3. The summed E-state index contributed by atoms with van der Waals surface area (Å²) in [6.45, 7) is 3.78. The Balaban J connectivity index is 2.07. The molecule has 0 radical (unpaired) electrons. The third-order valence-corrected chi connectivity index (χ3v) is 3.93. The summed E-state index contributed by atoms with van der Waals surface area (Å²) in [5, 5.41) is 24.1. The van der Waals surface area contributed by atoms with Gasteiger partial charge < -0.3 is 15.7 Å². The standard InChI is InChI=1S/C19H21N3O2/c1-13(12-23)14(2)21-19(24)16-4-3-5-18(10-16)22-17-8-6-15(11-20)7-9-17/h3-10,13-14,22-23H,12H2,1-2H3,(H,21,24). The minimum atomic E-state index is -0.175. The summed E-state index contributed by atoms with van der Waals surface area (Å²) in [7, 11) is 0. The Hall–Kier alpha value is -2.84. The van der Waals surface area contributed by atoms with Crippen LogP contribution in [0.15, 0.2) is 48.5 Å². The van der Waals surface area contributed by atoms with Crippen LogP contribution in [0.3, 0.4) is 0 Å². The van der Waals surface area contributed by atoms with E-state index in [9.17, 15) is 4.79 Å². The molecule has 0 bridgehead atoms. The van der Waals surface area contributed by atoms with Crippen molar-refractivity contribution >= 4 is 17.3 Å². The lowest BCUT2D eigenvalue weighted by Crippen LogP contribution is -2.38. The molecule has 2 aromatic carbocycles. The molecule has 0 saturated carbocycles. The lowest BCUT2D eigenvalue weighted by Gasteiger charge is -2.19. The van der Waals surface area contributed by atoms with Gasteiger partial charge in [0, 0.05) is 29.6 Å². The third-order valence-electron chi connectivity index (χ3n) is 3.93. The molecular weight excluding hydrogens is 302 g/mol. The number of nitrogens with zero attached hydrogens (tertiary/aromatic N) is 1. The zero-order valence-corrected chi connectivity index (χ0v) is 13.8. The molecule has 2 rings (SSSR count). The van der Waals surface area contributed by atoms with Crippen LogP contribution in [0.25, 0.3) is 0 Å². The Morgan fingerprint density at radius 2 is 1.88 bits per heavy atom. The van der Waals surface area contributed by atoms with E-state index in [1.54, 1.807) is 30.3 Å². The van der Waals surface area contributed by atoms with Crippen LogP contribution in [0.4, 0.5) is 11.4 Å². The zero-order valence-electron chi connectivity index (χ0n) is 13.8. The molecule has 5 heteroatoms. The number of aliphatic hydroxyl groups is 1. The fourth-order valence-corrected chi connectivity index (χ4v) is 2.12. The number of nitriles is 1. The van der Waals surface area contributed by atoms with Crippen molar-refractivity contribution in [2.45, 2.75) is 19.9 Å². The average Bonchev–Trinajstić information content (AvgIpc) is 2.61. The monoisotopic (exact) mass is 323 g/mol. The number of benzene rings is 2. The van der Waals surface area contributed by atoms with Gasteiger partial charge in [0.1, 0.15) is 0 Å². The Morgan fingerprint density at radius 1 is 1.17 bits per heavy atom. The second-order valence-corrected chi connectivity index (χ2v) is 5.82. The number of amides is 1. The van der Waals surface area contributed by atoms with Crippen LogP contribution < -0.4 is 10.6 Å². The van der Waals surface area contributed by atoms with Crippen LogP contribution in [-0.4, -0.2) is 23.7 Å².